The summed E-state index contributed by atoms with van der Waals surface area (Å²) in [6.07, 6.45) is 6.71. The van der Waals surface area contributed by atoms with E-state index in [-0.39, 0.29) is 23.5 Å². The zero-order valence-electron chi connectivity index (χ0n) is 20.1. The van der Waals surface area contributed by atoms with E-state index in [1.54, 1.807) is 27.9 Å². The first-order valence-electron chi connectivity index (χ1n) is 12.1. The largest absolute Gasteiger partial charge is 0.352 e. The van der Waals surface area contributed by atoms with Crippen molar-refractivity contribution >= 4 is 11.8 Å². The number of likely N-dealkylation sites (tertiary alicyclic amines) is 1. The lowest BCUT2D eigenvalue weighted by Crippen LogP contribution is -2.45. The van der Waals surface area contributed by atoms with Gasteiger partial charge in [0.25, 0.3) is 5.91 Å². The average molecular weight is 486 g/mol. The van der Waals surface area contributed by atoms with Crippen molar-refractivity contribution in [3.05, 3.63) is 102 Å². The maximum absolute atomic E-state index is 13.7. The summed E-state index contributed by atoms with van der Waals surface area (Å²) in [5.74, 6) is -0.258. The minimum Gasteiger partial charge on any atom is -0.352 e. The molecule has 0 aliphatic carbocycles. The molecule has 2 amide bonds. The van der Waals surface area contributed by atoms with Crippen molar-refractivity contribution in [1.29, 1.82) is 0 Å². The van der Waals surface area contributed by atoms with Crippen molar-refractivity contribution in [1.82, 2.24) is 24.6 Å². The lowest BCUT2D eigenvalue weighted by molar-refractivity contribution is -0.126. The first kappa shape index (κ1) is 23.5. The van der Waals surface area contributed by atoms with Crippen LogP contribution in [0.4, 0.5) is 4.39 Å². The Kier molecular flexibility index (Phi) is 6.66. The van der Waals surface area contributed by atoms with Crippen LogP contribution in [0, 0.1) is 18.7 Å². The number of amides is 2. The van der Waals surface area contributed by atoms with E-state index in [0.717, 1.165) is 18.4 Å². The number of hydrogen-bond donors (Lipinski definition) is 1. The van der Waals surface area contributed by atoms with E-state index in [2.05, 4.69) is 10.4 Å². The molecule has 7 nitrogen and oxygen atoms in total. The molecule has 0 bridgehead atoms. The Morgan fingerprint density at radius 2 is 1.78 bits per heavy atom. The molecular formula is C28H28FN5O2. The quantitative estimate of drug-likeness (QED) is 0.443. The second-order valence-corrected chi connectivity index (χ2v) is 9.15. The maximum atomic E-state index is 13.7. The van der Waals surface area contributed by atoms with Crippen LogP contribution in [0.1, 0.15) is 34.3 Å². The Balaban J connectivity index is 1.34. The van der Waals surface area contributed by atoms with Crippen LogP contribution < -0.4 is 5.32 Å². The number of halogens is 1. The SMILES string of the molecule is Cc1ccc(CNC(=O)C2CCCN(C(=O)c3cnn(-c4ccc(F)cc4)c3-n3cccc3)C2)cc1. The zero-order chi connectivity index (χ0) is 25.1. The lowest BCUT2D eigenvalue weighted by atomic mass is 9.96. The van der Waals surface area contributed by atoms with Crippen LogP contribution in [0.15, 0.2) is 79.3 Å². The van der Waals surface area contributed by atoms with Crippen LogP contribution >= 0.6 is 0 Å². The molecule has 1 N–H and O–H groups in total. The predicted octanol–water partition coefficient (Wildman–Crippen LogP) is 4.28. The van der Waals surface area contributed by atoms with Gasteiger partial charge in [-0.05, 0) is 61.7 Å². The van der Waals surface area contributed by atoms with E-state index >= 15 is 0 Å². The molecule has 4 aromatic rings. The van der Waals surface area contributed by atoms with Crippen molar-refractivity contribution in [2.24, 2.45) is 5.92 Å². The van der Waals surface area contributed by atoms with Gasteiger partial charge in [0.05, 0.1) is 17.8 Å². The highest BCUT2D eigenvalue weighted by Gasteiger charge is 2.31. The van der Waals surface area contributed by atoms with E-state index in [9.17, 15) is 14.0 Å². The number of aryl methyl sites for hydroxylation is 1. The van der Waals surface area contributed by atoms with Crippen LogP contribution in [0.3, 0.4) is 0 Å². The van der Waals surface area contributed by atoms with Gasteiger partial charge in [0.2, 0.25) is 5.91 Å². The summed E-state index contributed by atoms with van der Waals surface area (Å²) in [5.41, 5.74) is 3.29. The number of carbonyl (C=O) groups is 2. The second kappa shape index (κ2) is 10.2. The fraction of sp³-hybridized carbons (Fsp3) is 0.250. The molecule has 1 atom stereocenters. The minimum atomic E-state index is -0.343. The molecule has 36 heavy (non-hydrogen) atoms. The predicted molar refractivity (Wildman–Crippen MR) is 135 cm³/mol. The van der Waals surface area contributed by atoms with Crippen molar-refractivity contribution in [2.75, 3.05) is 13.1 Å². The summed E-state index contributed by atoms with van der Waals surface area (Å²) in [6, 6.07) is 17.8. The molecule has 0 spiro atoms. The smallest absolute Gasteiger partial charge is 0.259 e. The van der Waals surface area contributed by atoms with E-state index < -0.39 is 0 Å². The molecule has 184 valence electrons. The minimum absolute atomic E-state index is 0.0410. The molecular weight excluding hydrogens is 457 g/mol. The van der Waals surface area contributed by atoms with E-state index in [0.29, 0.717) is 36.7 Å². The first-order chi connectivity index (χ1) is 17.5. The molecule has 2 aromatic carbocycles. The molecule has 1 unspecified atom stereocenters. The van der Waals surface area contributed by atoms with E-state index in [1.165, 1.54) is 17.7 Å². The van der Waals surface area contributed by atoms with Gasteiger partial charge in [0.1, 0.15) is 11.4 Å². The molecule has 5 rings (SSSR count). The normalized spacial score (nSPS) is 15.6. The highest BCUT2D eigenvalue weighted by Crippen LogP contribution is 2.24. The molecule has 0 radical (unpaired) electrons. The molecule has 1 aliphatic rings. The van der Waals surface area contributed by atoms with Gasteiger partial charge in [-0.25, -0.2) is 9.07 Å². The number of piperidine rings is 1. The summed E-state index contributed by atoms with van der Waals surface area (Å²) in [7, 11) is 0. The summed E-state index contributed by atoms with van der Waals surface area (Å²) in [4.78, 5) is 28.3. The van der Waals surface area contributed by atoms with Gasteiger partial charge in [0.15, 0.2) is 5.82 Å². The Morgan fingerprint density at radius 3 is 2.50 bits per heavy atom. The summed E-state index contributed by atoms with van der Waals surface area (Å²) in [5, 5.41) is 7.48. The Morgan fingerprint density at radius 1 is 1.06 bits per heavy atom. The van der Waals surface area contributed by atoms with Crippen molar-refractivity contribution < 1.29 is 14.0 Å². The lowest BCUT2D eigenvalue weighted by Gasteiger charge is -2.32. The van der Waals surface area contributed by atoms with Gasteiger partial charge in [-0.3, -0.25) is 9.59 Å². The second-order valence-electron chi connectivity index (χ2n) is 9.15. The molecule has 0 saturated carbocycles. The van der Waals surface area contributed by atoms with Crippen LogP contribution in [0.5, 0.6) is 0 Å². The molecule has 3 heterocycles. The number of aromatic nitrogens is 3. The van der Waals surface area contributed by atoms with Crippen molar-refractivity contribution in [3.8, 4) is 11.5 Å². The third-order valence-corrected chi connectivity index (χ3v) is 6.56. The van der Waals surface area contributed by atoms with Gasteiger partial charge in [-0.1, -0.05) is 29.8 Å². The van der Waals surface area contributed by atoms with Gasteiger partial charge >= 0.3 is 0 Å². The number of hydrogen-bond acceptors (Lipinski definition) is 3. The first-order valence-corrected chi connectivity index (χ1v) is 12.1. The van der Waals surface area contributed by atoms with Gasteiger partial charge in [-0.2, -0.15) is 5.10 Å². The Hall–Kier alpha value is -4.20. The number of rotatable bonds is 6. The third kappa shape index (κ3) is 4.93. The Bertz CT molecular complexity index is 1340. The van der Waals surface area contributed by atoms with Crippen LogP contribution in [-0.2, 0) is 11.3 Å². The van der Waals surface area contributed by atoms with Crippen molar-refractivity contribution in [3.63, 3.8) is 0 Å². The van der Waals surface area contributed by atoms with E-state index in [4.69, 9.17) is 0 Å². The number of benzene rings is 2. The van der Waals surface area contributed by atoms with Crippen LogP contribution in [0.2, 0.25) is 0 Å². The number of nitrogens with one attached hydrogen (secondary N) is 1. The van der Waals surface area contributed by atoms with Crippen molar-refractivity contribution in [2.45, 2.75) is 26.3 Å². The summed E-state index contributed by atoms with van der Waals surface area (Å²) >= 11 is 0. The third-order valence-electron chi connectivity index (χ3n) is 6.56. The zero-order valence-corrected chi connectivity index (χ0v) is 20.1. The van der Waals surface area contributed by atoms with Gasteiger partial charge in [-0.15, -0.1) is 0 Å². The maximum Gasteiger partial charge on any atom is 0.259 e. The molecule has 8 heteroatoms. The highest BCUT2D eigenvalue weighted by molar-refractivity contribution is 5.97. The van der Waals surface area contributed by atoms with Gasteiger partial charge < -0.3 is 14.8 Å². The molecule has 1 saturated heterocycles. The summed E-state index contributed by atoms with van der Waals surface area (Å²) in [6.45, 7) is 3.42. The molecule has 2 aromatic heterocycles. The number of carbonyl (C=O) groups excluding carboxylic acids is 2. The van der Waals surface area contributed by atoms with E-state index in [1.807, 2.05) is 60.3 Å². The summed E-state index contributed by atoms with van der Waals surface area (Å²) < 4.78 is 16.9. The highest BCUT2D eigenvalue weighted by atomic mass is 19.1. The molecule has 1 aliphatic heterocycles. The fourth-order valence-corrected chi connectivity index (χ4v) is 4.57. The topological polar surface area (TPSA) is 72.2 Å². The average Bonchev–Trinajstić information content (AvgIpc) is 3.58. The Labute approximate surface area is 209 Å². The van der Waals surface area contributed by atoms with Crippen LogP contribution in [0.25, 0.3) is 11.5 Å². The monoisotopic (exact) mass is 485 g/mol. The molecule has 1 fully saturated rings. The fourth-order valence-electron chi connectivity index (χ4n) is 4.57. The standard InChI is InChI=1S/C28H28FN5O2/c1-20-6-8-21(9-7-20)17-30-26(35)22-5-4-16-33(19-22)28(36)25-18-31-34(24-12-10-23(29)11-13-24)27(25)32-14-2-3-15-32/h2-3,6-15,18,22H,4-5,16-17,19H2,1H3,(H,30,35). The van der Waals surface area contributed by atoms with Gasteiger partial charge in [0, 0.05) is 32.0 Å². The number of nitrogens with zero attached hydrogens (tertiary/aromatic N) is 4. The van der Waals surface area contributed by atoms with Crippen LogP contribution in [-0.4, -0.2) is 44.2 Å².